The van der Waals surface area contributed by atoms with E-state index in [0.717, 1.165) is 21.8 Å². The Kier molecular flexibility index (Phi) is 8.96. The van der Waals surface area contributed by atoms with Gasteiger partial charge in [0, 0.05) is 11.4 Å². The average Bonchev–Trinajstić information content (AvgIpc) is 3.35. The van der Waals surface area contributed by atoms with E-state index in [1.807, 2.05) is 50.5 Å². The lowest BCUT2D eigenvalue weighted by Crippen LogP contribution is -2.17. The lowest BCUT2D eigenvalue weighted by molar-refractivity contribution is -0.113. The Morgan fingerprint density at radius 1 is 1.14 bits per heavy atom. The van der Waals surface area contributed by atoms with E-state index < -0.39 is 5.97 Å². The van der Waals surface area contributed by atoms with Gasteiger partial charge in [-0.25, -0.2) is 4.79 Å². The minimum absolute atomic E-state index is 0.128. The number of aryl methyl sites for hydroxylation is 3. The number of nitrogens with zero attached hydrogens (tertiary/aromatic N) is 3. The second kappa shape index (κ2) is 11.7. The molecule has 0 saturated heterocycles. The molecule has 1 unspecified atom stereocenters. The van der Waals surface area contributed by atoms with Gasteiger partial charge in [0.2, 0.25) is 5.91 Å². The maximum atomic E-state index is 12.7. The number of hydrogen-bond acceptors (Lipinski definition) is 8. The molecule has 2 aromatic heterocycles. The molecule has 188 valence electrons. The van der Waals surface area contributed by atoms with E-state index in [1.165, 1.54) is 28.7 Å². The number of anilines is 1. The molecule has 35 heavy (non-hydrogen) atoms. The zero-order chi connectivity index (χ0) is 25.7. The van der Waals surface area contributed by atoms with Crippen LogP contribution in [-0.2, 0) is 16.1 Å². The van der Waals surface area contributed by atoms with E-state index in [2.05, 4.69) is 29.4 Å². The minimum Gasteiger partial charge on any atom is -0.483 e. The first-order chi connectivity index (χ1) is 16.7. The van der Waals surface area contributed by atoms with Crippen LogP contribution >= 0.6 is 23.1 Å². The molecule has 0 aliphatic rings. The molecule has 0 spiro atoms. The van der Waals surface area contributed by atoms with Crippen molar-refractivity contribution in [2.75, 3.05) is 17.7 Å². The van der Waals surface area contributed by atoms with Crippen LogP contribution in [0.1, 0.15) is 64.6 Å². The van der Waals surface area contributed by atoms with Crippen LogP contribution < -0.4 is 10.1 Å². The predicted molar refractivity (Wildman–Crippen MR) is 140 cm³/mol. The second-order valence-corrected chi connectivity index (χ2v) is 10.3. The van der Waals surface area contributed by atoms with Crippen LogP contribution in [0.4, 0.5) is 5.00 Å². The van der Waals surface area contributed by atoms with Crippen molar-refractivity contribution in [2.45, 2.75) is 66.3 Å². The van der Waals surface area contributed by atoms with Crippen LogP contribution in [0, 0.1) is 27.7 Å². The highest BCUT2D eigenvalue weighted by atomic mass is 32.2. The van der Waals surface area contributed by atoms with E-state index in [9.17, 15) is 9.59 Å². The Morgan fingerprint density at radius 2 is 1.89 bits per heavy atom. The molecule has 1 aromatic carbocycles. The quantitative estimate of drug-likeness (QED) is 0.275. The van der Waals surface area contributed by atoms with Crippen LogP contribution in [0.15, 0.2) is 23.4 Å². The third-order valence-corrected chi connectivity index (χ3v) is 7.76. The lowest BCUT2D eigenvalue weighted by Gasteiger charge is -2.16. The van der Waals surface area contributed by atoms with Gasteiger partial charge in [-0.3, -0.25) is 4.79 Å². The van der Waals surface area contributed by atoms with Crippen LogP contribution in [0.3, 0.4) is 0 Å². The highest BCUT2D eigenvalue weighted by molar-refractivity contribution is 7.99. The van der Waals surface area contributed by atoms with Crippen molar-refractivity contribution < 1.29 is 19.1 Å². The van der Waals surface area contributed by atoms with Gasteiger partial charge >= 0.3 is 5.97 Å². The Labute approximate surface area is 214 Å². The van der Waals surface area contributed by atoms with Crippen molar-refractivity contribution in [3.8, 4) is 5.75 Å². The standard InChI is InChI=1S/C25H32N4O4S2/c1-8-29-22(17(6)33-19-11-10-14(3)15(4)12-19)27-28-25(29)34-13-20(30)26-23-21(24(31)32-9-2)16(5)18(7)35-23/h10-12,17H,8-9,13H2,1-7H3,(H,26,30). The number of aromatic nitrogens is 3. The summed E-state index contributed by atoms with van der Waals surface area (Å²) < 4.78 is 13.2. The number of esters is 1. The molecule has 0 radical (unpaired) electrons. The molecule has 0 saturated carbocycles. The van der Waals surface area contributed by atoms with E-state index in [4.69, 9.17) is 9.47 Å². The van der Waals surface area contributed by atoms with Gasteiger partial charge in [-0.15, -0.1) is 21.5 Å². The Morgan fingerprint density at radius 3 is 2.54 bits per heavy atom. The summed E-state index contributed by atoms with van der Waals surface area (Å²) in [4.78, 5) is 26.1. The first-order valence-corrected chi connectivity index (χ1v) is 13.3. The SMILES string of the molecule is CCOC(=O)c1c(NC(=O)CSc2nnc(C(C)Oc3ccc(C)c(C)c3)n2CC)sc(C)c1C. The third kappa shape index (κ3) is 6.24. The van der Waals surface area contributed by atoms with Crippen molar-refractivity contribution in [1.29, 1.82) is 0 Å². The molecule has 1 amide bonds. The Hall–Kier alpha value is -2.85. The summed E-state index contributed by atoms with van der Waals surface area (Å²) >= 11 is 2.67. The van der Waals surface area contributed by atoms with E-state index in [-0.39, 0.29) is 24.4 Å². The number of hydrogen-bond donors (Lipinski definition) is 1. The van der Waals surface area contributed by atoms with E-state index >= 15 is 0 Å². The lowest BCUT2D eigenvalue weighted by atomic mass is 10.1. The number of amides is 1. The predicted octanol–water partition coefficient (Wildman–Crippen LogP) is 5.64. The highest BCUT2D eigenvalue weighted by Crippen LogP contribution is 2.33. The van der Waals surface area contributed by atoms with Gasteiger partial charge in [0.1, 0.15) is 10.8 Å². The number of benzene rings is 1. The second-order valence-electron chi connectivity index (χ2n) is 8.14. The molecule has 8 nitrogen and oxygen atoms in total. The first kappa shape index (κ1) is 26.7. The number of carbonyl (C=O) groups excluding carboxylic acids is 2. The van der Waals surface area contributed by atoms with Crippen LogP contribution in [0.25, 0.3) is 0 Å². The van der Waals surface area contributed by atoms with Crippen molar-refractivity contribution in [3.05, 3.63) is 51.2 Å². The topological polar surface area (TPSA) is 95.3 Å². The maximum Gasteiger partial charge on any atom is 0.341 e. The van der Waals surface area contributed by atoms with Gasteiger partial charge in [-0.1, -0.05) is 17.8 Å². The largest absolute Gasteiger partial charge is 0.483 e. The van der Waals surface area contributed by atoms with Crippen molar-refractivity contribution in [3.63, 3.8) is 0 Å². The van der Waals surface area contributed by atoms with E-state index in [0.29, 0.717) is 28.1 Å². The maximum absolute atomic E-state index is 12.7. The van der Waals surface area contributed by atoms with E-state index in [1.54, 1.807) is 6.92 Å². The van der Waals surface area contributed by atoms with Crippen molar-refractivity contribution in [1.82, 2.24) is 14.8 Å². The van der Waals surface area contributed by atoms with Gasteiger partial charge in [0.05, 0.1) is 17.9 Å². The third-order valence-electron chi connectivity index (χ3n) is 5.67. The van der Waals surface area contributed by atoms with Gasteiger partial charge < -0.3 is 19.4 Å². The molecule has 0 bridgehead atoms. The average molecular weight is 517 g/mol. The molecular formula is C25H32N4O4S2. The zero-order valence-electron chi connectivity index (χ0n) is 21.2. The number of thioether (sulfide) groups is 1. The minimum atomic E-state index is -0.426. The summed E-state index contributed by atoms with van der Waals surface area (Å²) in [6, 6.07) is 5.99. The number of thiophene rings is 1. The van der Waals surface area contributed by atoms with Gasteiger partial charge in [0.25, 0.3) is 0 Å². The molecular weight excluding hydrogens is 484 g/mol. The van der Waals surface area contributed by atoms with Gasteiger partial charge in [-0.05, 0) is 77.3 Å². The molecule has 3 rings (SSSR count). The summed E-state index contributed by atoms with van der Waals surface area (Å²) in [6.45, 7) is 14.5. The summed E-state index contributed by atoms with van der Waals surface area (Å²) in [5.41, 5.74) is 3.62. The molecule has 10 heteroatoms. The highest BCUT2D eigenvalue weighted by Gasteiger charge is 2.23. The molecule has 0 fully saturated rings. The molecule has 1 atom stereocenters. The summed E-state index contributed by atoms with van der Waals surface area (Å²) in [6.07, 6.45) is -0.308. The normalized spacial score (nSPS) is 11.9. The molecule has 0 aliphatic carbocycles. The van der Waals surface area contributed by atoms with Crippen LogP contribution in [-0.4, -0.2) is 39.0 Å². The number of rotatable bonds is 10. The molecule has 0 aliphatic heterocycles. The molecule has 1 N–H and O–H groups in total. The number of carbonyl (C=O) groups is 2. The Balaban J connectivity index is 1.68. The summed E-state index contributed by atoms with van der Waals surface area (Å²) in [5, 5.41) is 12.6. The first-order valence-electron chi connectivity index (χ1n) is 11.5. The molecule has 2 heterocycles. The fourth-order valence-electron chi connectivity index (χ4n) is 3.51. The summed E-state index contributed by atoms with van der Waals surface area (Å²) in [5.74, 6) is 0.948. The fraction of sp³-hybridized carbons (Fsp3) is 0.440. The van der Waals surface area contributed by atoms with Crippen molar-refractivity contribution in [2.24, 2.45) is 0 Å². The van der Waals surface area contributed by atoms with Gasteiger partial charge in [0.15, 0.2) is 17.1 Å². The van der Waals surface area contributed by atoms with Gasteiger partial charge in [-0.2, -0.15) is 0 Å². The number of ether oxygens (including phenoxy) is 2. The van der Waals surface area contributed by atoms with Crippen molar-refractivity contribution >= 4 is 40.0 Å². The van der Waals surface area contributed by atoms with Crippen LogP contribution in [0.5, 0.6) is 5.75 Å². The molecule has 3 aromatic rings. The summed E-state index contributed by atoms with van der Waals surface area (Å²) in [7, 11) is 0. The monoisotopic (exact) mass is 516 g/mol. The van der Waals surface area contributed by atoms with Crippen LogP contribution in [0.2, 0.25) is 0 Å². The fourth-order valence-corrected chi connectivity index (χ4v) is 5.38. The smallest absolute Gasteiger partial charge is 0.341 e. The number of nitrogens with one attached hydrogen (secondary N) is 1. The zero-order valence-corrected chi connectivity index (χ0v) is 22.9. The Bertz CT molecular complexity index is 1220.